The molecule has 0 radical (unpaired) electrons. The van der Waals surface area contributed by atoms with Crippen LogP contribution in [0.3, 0.4) is 0 Å². The van der Waals surface area contributed by atoms with Gasteiger partial charge in [-0.15, -0.1) is 11.3 Å². The fourth-order valence-electron chi connectivity index (χ4n) is 1.63. The molecule has 0 amide bonds. The fourth-order valence-corrected chi connectivity index (χ4v) is 4.26. The molecule has 0 N–H and O–H groups in total. The lowest BCUT2D eigenvalue weighted by Gasteiger charge is -2.05. The van der Waals surface area contributed by atoms with E-state index in [1.165, 1.54) is 22.7 Å². The third kappa shape index (κ3) is 2.92. The maximum absolute atomic E-state index is 11.2. The van der Waals surface area contributed by atoms with Gasteiger partial charge in [0.2, 0.25) is 0 Å². The number of carboxylic acids is 1. The number of benzene rings is 1. The molecule has 0 fully saturated rings. The van der Waals surface area contributed by atoms with Gasteiger partial charge in [-0.3, -0.25) is 0 Å². The molecule has 1 aromatic carbocycles. The number of para-hydroxylation sites is 1. The van der Waals surface area contributed by atoms with Crippen molar-refractivity contribution in [1.29, 1.82) is 0 Å². The number of nitrogens with zero attached hydrogens (tertiary/aromatic N) is 1. The van der Waals surface area contributed by atoms with Crippen molar-refractivity contribution < 1.29 is 9.90 Å². The summed E-state index contributed by atoms with van der Waals surface area (Å²) in [6, 6.07) is 9.61. The van der Waals surface area contributed by atoms with Crippen LogP contribution < -0.4 is 5.11 Å². The Labute approximate surface area is 127 Å². The highest BCUT2D eigenvalue weighted by Gasteiger charge is 2.08. The number of thiazole rings is 1. The third-order valence-electron chi connectivity index (χ3n) is 2.51. The molecule has 0 aliphatic rings. The van der Waals surface area contributed by atoms with Crippen molar-refractivity contribution in [2.24, 2.45) is 0 Å². The van der Waals surface area contributed by atoms with Crippen molar-refractivity contribution in [2.75, 3.05) is 0 Å². The summed E-state index contributed by atoms with van der Waals surface area (Å²) in [5.41, 5.74) is 1.75. The lowest BCUT2D eigenvalue weighted by atomic mass is 10.3. The molecule has 3 nitrogen and oxygen atoms in total. The standard InChI is InChI=1S/C14H9NO2S3/c16-13(17)12(7-9-5-6-18-8-9)20-14-15-10-3-1-2-4-11(10)19-14/h1-8H,(H,16,17)/p-1/b12-7+. The maximum Gasteiger partial charge on any atom is 0.155 e. The van der Waals surface area contributed by atoms with Crippen LogP contribution in [0.25, 0.3) is 16.3 Å². The van der Waals surface area contributed by atoms with Crippen LogP contribution in [0.5, 0.6) is 0 Å². The van der Waals surface area contributed by atoms with E-state index in [0.717, 1.165) is 27.5 Å². The van der Waals surface area contributed by atoms with Crippen molar-refractivity contribution >= 4 is 56.7 Å². The average molecular weight is 318 g/mol. The van der Waals surface area contributed by atoms with Crippen LogP contribution >= 0.6 is 34.4 Å². The highest BCUT2D eigenvalue weighted by atomic mass is 32.2. The number of fused-ring (bicyclic) bond motifs is 1. The van der Waals surface area contributed by atoms with Gasteiger partial charge in [0.25, 0.3) is 0 Å². The molecule has 0 aliphatic heterocycles. The Balaban J connectivity index is 1.92. The monoisotopic (exact) mass is 318 g/mol. The van der Waals surface area contributed by atoms with Crippen molar-refractivity contribution in [2.45, 2.75) is 4.34 Å². The van der Waals surface area contributed by atoms with E-state index in [-0.39, 0.29) is 4.91 Å². The van der Waals surface area contributed by atoms with Crippen LogP contribution in [0.4, 0.5) is 0 Å². The molecule has 3 rings (SSSR count). The van der Waals surface area contributed by atoms with Gasteiger partial charge < -0.3 is 9.90 Å². The van der Waals surface area contributed by atoms with Crippen LogP contribution in [0.15, 0.2) is 50.3 Å². The van der Waals surface area contributed by atoms with E-state index < -0.39 is 5.97 Å². The average Bonchev–Trinajstić information content (AvgIpc) is 3.05. The zero-order chi connectivity index (χ0) is 13.9. The zero-order valence-corrected chi connectivity index (χ0v) is 12.6. The number of aromatic nitrogens is 1. The second-order valence-electron chi connectivity index (χ2n) is 3.90. The summed E-state index contributed by atoms with van der Waals surface area (Å²) in [6.45, 7) is 0. The second kappa shape index (κ2) is 5.78. The molecule has 2 heterocycles. The first-order valence-corrected chi connectivity index (χ1v) is 8.28. The fraction of sp³-hybridized carbons (Fsp3) is 0. The number of carbonyl (C=O) groups is 1. The number of carboxylic acid groups (broad SMARTS) is 1. The van der Waals surface area contributed by atoms with Crippen molar-refractivity contribution in [3.8, 4) is 0 Å². The molecule has 0 atom stereocenters. The first kappa shape index (κ1) is 13.4. The van der Waals surface area contributed by atoms with Gasteiger partial charge >= 0.3 is 0 Å². The second-order valence-corrected chi connectivity index (χ2v) is 7.00. The SMILES string of the molecule is O=C([O-])/C(=C\c1ccsc1)Sc1nc2ccccc2s1. The number of aliphatic carboxylic acids is 1. The minimum absolute atomic E-state index is 0.169. The van der Waals surface area contributed by atoms with Gasteiger partial charge in [-0.05, 0) is 40.6 Å². The van der Waals surface area contributed by atoms with Crippen molar-refractivity contribution in [3.05, 3.63) is 51.6 Å². The molecule has 6 heteroatoms. The summed E-state index contributed by atoms with van der Waals surface area (Å²) < 4.78 is 1.75. The van der Waals surface area contributed by atoms with E-state index in [4.69, 9.17) is 0 Å². The van der Waals surface area contributed by atoms with Gasteiger partial charge in [0.05, 0.1) is 16.2 Å². The maximum atomic E-state index is 11.2. The Morgan fingerprint density at radius 1 is 1.30 bits per heavy atom. The number of hydrogen-bond acceptors (Lipinski definition) is 6. The third-order valence-corrected chi connectivity index (χ3v) is 5.32. The predicted octanol–water partition coefficient (Wildman–Crippen LogP) is 3.24. The van der Waals surface area contributed by atoms with Crippen LogP contribution in [-0.4, -0.2) is 11.0 Å². The minimum Gasteiger partial charge on any atom is -0.544 e. The molecule has 0 bridgehead atoms. The van der Waals surface area contributed by atoms with Gasteiger partial charge in [0.15, 0.2) is 4.34 Å². The van der Waals surface area contributed by atoms with E-state index in [1.54, 1.807) is 6.08 Å². The summed E-state index contributed by atoms with van der Waals surface area (Å²) in [6.07, 6.45) is 1.61. The van der Waals surface area contributed by atoms with Crippen LogP contribution in [-0.2, 0) is 4.79 Å². The van der Waals surface area contributed by atoms with Crippen LogP contribution in [0.2, 0.25) is 0 Å². The van der Waals surface area contributed by atoms with Gasteiger partial charge in [0.1, 0.15) is 0 Å². The molecule has 20 heavy (non-hydrogen) atoms. The first-order valence-electron chi connectivity index (χ1n) is 5.71. The number of carbonyl (C=O) groups excluding carboxylic acids is 1. The van der Waals surface area contributed by atoms with E-state index >= 15 is 0 Å². The summed E-state index contributed by atoms with van der Waals surface area (Å²) in [4.78, 5) is 15.8. The number of hydrogen-bond donors (Lipinski definition) is 0. The molecule has 3 aromatic rings. The van der Waals surface area contributed by atoms with E-state index in [1.807, 2.05) is 41.1 Å². The smallest absolute Gasteiger partial charge is 0.155 e. The lowest BCUT2D eigenvalue weighted by Crippen LogP contribution is -2.22. The Morgan fingerprint density at radius 3 is 2.85 bits per heavy atom. The normalized spacial score (nSPS) is 11.9. The van der Waals surface area contributed by atoms with Crippen LogP contribution in [0, 0.1) is 0 Å². The quantitative estimate of drug-likeness (QED) is 0.547. The topological polar surface area (TPSA) is 53.0 Å². The molecule has 100 valence electrons. The van der Waals surface area contributed by atoms with E-state index in [0.29, 0.717) is 4.34 Å². The molecule has 0 saturated carbocycles. The minimum atomic E-state index is -1.18. The molecule has 0 unspecified atom stereocenters. The zero-order valence-electron chi connectivity index (χ0n) is 10.1. The summed E-state index contributed by atoms with van der Waals surface area (Å²) >= 11 is 4.13. The lowest BCUT2D eigenvalue weighted by molar-refractivity contribution is -0.297. The Kier molecular flexibility index (Phi) is 3.86. The molecular weight excluding hydrogens is 310 g/mol. The summed E-state index contributed by atoms with van der Waals surface area (Å²) in [5.74, 6) is -1.18. The highest BCUT2D eigenvalue weighted by Crippen LogP contribution is 2.34. The Morgan fingerprint density at radius 2 is 2.15 bits per heavy atom. The molecular formula is C14H8NO2S3-. The first-order chi connectivity index (χ1) is 9.72. The van der Waals surface area contributed by atoms with Crippen LogP contribution in [0.1, 0.15) is 5.56 Å². The molecule has 0 aliphatic carbocycles. The van der Waals surface area contributed by atoms with E-state index in [9.17, 15) is 9.90 Å². The molecule has 0 spiro atoms. The van der Waals surface area contributed by atoms with E-state index in [2.05, 4.69) is 4.98 Å². The Bertz CT molecular complexity index is 742. The largest absolute Gasteiger partial charge is 0.544 e. The van der Waals surface area contributed by atoms with Crippen molar-refractivity contribution in [3.63, 3.8) is 0 Å². The highest BCUT2D eigenvalue weighted by molar-refractivity contribution is 8.05. The number of rotatable bonds is 4. The van der Waals surface area contributed by atoms with Crippen molar-refractivity contribution in [1.82, 2.24) is 4.98 Å². The Hall–Kier alpha value is -1.63. The molecule has 0 saturated heterocycles. The predicted molar refractivity (Wildman–Crippen MR) is 82.8 cm³/mol. The summed E-state index contributed by atoms with van der Waals surface area (Å²) in [5, 5.41) is 15.0. The van der Waals surface area contributed by atoms with Gasteiger partial charge in [-0.1, -0.05) is 23.9 Å². The van der Waals surface area contributed by atoms with Gasteiger partial charge in [-0.25, -0.2) is 4.98 Å². The van der Waals surface area contributed by atoms with Gasteiger partial charge in [0, 0.05) is 4.91 Å². The van der Waals surface area contributed by atoms with Gasteiger partial charge in [-0.2, -0.15) is 11.3 Å². The number of thiophene rings is 1. The summed E-state index contributed by atoms with van der Waals surface area (Å²) in [7, 11) is 0. The molecule has 2 aromatic heterocycles. The number of thioether (sulfide) groups is 1.